The third kappa shape index (κ3) is 3.81. The van der Waals surface area contributed by atoms with Crippen LogP contribution >= 0.6 is 0 Å². The van der Waals surface area contributed by atoms with Gasteiger partial charge in [0.15, 0.2) is 0 Å². The fourth-order valence-electron chi connectivity index (χ4n) is 8.66. The quantitative estimate of drug-likeness (QED) is 0.508. The number of hydrogen-bond acceptors (Lipinski definition) is 3. The fraction of sp³-hybridized carbons (Fsp3) is 0.500. The molecule has 2 amide bonds. The Morgan fingerprint density at radius 1 is 0.919 bits per heavy atom. The first-order valence-corrected chi connectivity index (χ1v) is 14.0. The number of amides is 2. The summed E-state index contributed by atoms with van der Waals surface area (Å²) in [4.78, 5) is 28.4. The van der Waals surface area contributed by atoms with E-state index in [0.29, 0.717) is 36.1 Å². The zero-order valence-electron chi connectivity index (χ0n) is 22.3. The van der Waals surface area contributed by atoms with Crippen LogP contribution in [0, 0.1) is 28.6 Å². The first kappa shape index (κ1) is 24.3. The molecular formula is C32H39N3O2. The molecule has 3 fully saturated rings. The summed E-state index contributed by atoms with van der Waals surface area (Å²) >= 11 is 0. The van der Waals surface area contributed by atoms with Gasteiger partial charge in [-0.25, -0.2) is 0 Å². The number of hydrazine groups is 1. The number of allylic oxidation sites excluding steroid dienone is 1. The first-order chi connectivity index (χ1) is 17.8. The van der Waals surface area contributed by atoms with E-state index in [1.807, 2.05) is 72.7 Å². The van der Waals surface area contributed by atoms with Crippen LogP contribution < -0.4 is 10.4 Å². The van der Waals surface area contributed by atoms with Gasteiger partial charge in [0.2, 0.25) is 5.91 Å². The van der Waals surface area contributed by atoms with Gasteiger partial charge in [-0.2, -0.15) is 0 Å². The Hall–Kier alpha value is -3.08. The Morgan fingerprint density at radius 2 is 1.57 bits per heavy atom. The van der Waals surface area contributed by atoms with Gasteiger partial charge in [-0.05, 0) is 86.0 Å². The normalized spacial score (nSPS) is 34.6. The summed E-state index contributed by atoms with van der Waals surface area (Å²) in [5.41, 5.74) is 6.18. The highest BCUT2D eigenvalue weighted by atomic mass is 16.2. The number of piperidine rings is 1. The van der Waals surface area contributed by atoms with Crippen molar-refractivity contribution in [2.75, 3.05) is 12.1 Å². The van der Waals surface area contributed by atoms with Crippen LogP contribution in [0.25, 0.3) is 0 Å². The van der Waals surface area contributed by atoms with E-state index >= 15 is 0 Å². The van der Waals surface area contributed by atoms with Gasteiger partial charge in [-0.15, -0.1) is 0 Å². The number of rotatable bonds is 4. The van der Waals surface area contributed by atoms with Crippen molar-refractivity contribution in [1.82, 2.24) is 10.3 Å². The molecule has 5 heteroatoms. The highest BCUT2D eigenvalue weighted by Gasteiger charge is 2.60. The van der Waals surface area contributed by atoms with E-state index in [4.69, 9.17) is 0 Å². The van der Waals surface area contributed by atoms with Gasteiger partial charge in [0.05, 0.1) is 11.4 Å². The van der Waals surface area contributed by atoms with Crippen LogP contribution in [0.15, 0.2) is 72.3 Å². The van der Waals surface area contributed by atoms with Crippen LogP contribution in [0.2, 0.25) is 0 Å². The third-order valence-corrected chi connectivity index (χ3v) is 10.6. The number of benzene rings is 2. The number of nitrogens with zero attached hydrogens (tertiary/aromatic N) is 2. The zero-order chi connectivity index (χ0) is 25.8. The molecule has 6 atom stereocenters. The molecule has 1 N–H and O–H groups in total. The van der Waals surface area contributed by atoms with Crippen LogP contribution in [-0.2, 0) is 9.59 Å². The number of carbonyl (C=O) groups excluding carboxylic acids is 2. The van der Waals surface area contributed by atoms with E-state index in [1.165, 1.54) is 0 Å². The molecular weight excluding hydrogens is 458 g/mol. The minimum Gasteiger partial charge on any atom is -0.342 e. The smallest absolute Gasteiger partial charge is 0.266 e. The number of nitrogens with one attached hydrogen (secondary N) is 1. The molecule has 37 heavy (non-hydrogen) atoms. The Bertz CT molecular complexity index is 1170. The van der Waals surface area contributed by atoms with E-state index < -0.39 is 0 Å². The molecule has 1 unspecified atom stereocenters. The van der Waals surface area contributed by atoms with Gasteiger partial charge in [-0.1, -0.05) is 56.3 Å². The number of carbonyl (C=O) groups is 2. The maximum Gasteiger partial charge on any atom is 0.266 e. The van der Waals surface area contributed by atoms with Crippen molar-refractivity contribution in [2.24, 2.45) is 28.6 Å². The van der Waals surface area contributed by atoms with Crippen molar-refractivity contribution in [2.45, 2.75) is 64.8 Å². The number of hydrogen-bond donors (Lipinski definition) is 1. The molecule has 194 valence electrons. The van der Waals surface area contributed by atoms with Gasteiger partial charge in [-0.3, -0.25) is 20.0 Å². The summed E-state index contributed by atoms with van der Waals surface area (Å²) in [6, 6.07) is 20.4. The van der Waals surface area contributed by atoms with E-state index in [2.05, 4.69) is 30.2 Å². The lowest BCUT2D eigenvalue weighted by atomic mass is 9.47. The Balaban J connectivity index is 1.24. The lowest BCUT2D eigenvalue weighted by molar-refractivity contribution is -0.156. The number of anilines is 2. The second-order valence-corrected chi connectivity index (χ2v) is 12.2. The fourth-order valence-corrected chi connectivity index (χ4v) is 8.66. The monoisotopic (exact) mass is 497 g/mol. The topological polar surface area (TPSA) is 52.7 Å². The molecule has 0 bridgehead atoms. The number of likely N-dealkylation sites (tertiary alicyclic amines) is 1. The molecule has 0 spiro atoms. The zero-order valence-corrected chi connectivity index (χ0v) is 22.3. The maximum atomic E-state index is 13.9. The molecule has 2 aromatic carbocycles. The van der Waals surface area contributed by atoms with Crippen molar-refractivity contribution in [3.8, 4) is 0 Å². The molecule has 0 radical (unpaired) electrons. The SMILES string of the molecule is CN1C(=O)CC[C@@]2(C)C1CC[C@@H]1[C@@H]2CC[C@]2(C)C(C(=O)NN(c3ccccc3)c3ccccc3)=CC[C@@H]12. The van der Waals surface area contributed by atoms with Crippen LogP contribution in [0.1, 0.15) is 58.8 Å². The summed E-state index contributed by atoms with van der Waals surface area (Å²) in [5, 5.41) is 1.91. The maximum absolute atomic E-state index is 13.9. The van der Waals surface area contributed by atoms with Gasteiger partial charge >= 0.3 is 0 Å². The first-order valence-electron chi connectivity index (χ1n) is 14.0. The van der Waals surface area contributed by atoms with Crippen LogP contribution in [0.4, 0.5) is 11.4 Å². The molecule has 1 saturated heterocycles. The van der Waals surface area contributed by atoms with Gasteiger partial charge < -0.3 is 4.90 Å². The minimum absolute atomic E-state index is 0.0130. The molecule has 4 aliphatic rings. The van der Waals surface area contributed by atoms with E-state index in [-0.39, 0.29) is 16.7 Å². The van der Waals surface area contributed by atoms with Crippen molar-refractivity contribution in [3.63, 3.8) is 0 Å². The number of fused-ring (bicyclic) bond motifs is 5. The second kappa shape index (κ2) is 9.04. The molecule has 5 nitrogen and oxygen atoms in total. The molecule has 0 aromatic heterocycles. The predicted octanol–water partition coefficient (Wildman–Crippen LogP) is 6.26. The summed E-state index contributed by atoms with van der Waals surface area (Å²) in [7, 11) is 2.02. The predicted molar refractivity (Wildman–Crippen MR) is 147 cm³/mol. The lowest BCUT2D eigenvalue weighted by Crippen LogP contribution is -2.61. The van der Waals surface area contributed by atoms with Gasteiger partial charge in [0.25, 0.3) is 5.91 Å². The summed E-state index contributed by atoms with van der Waals surface area (Å²) in [5.74, 6) is 2.06. The summed E-state index contributed by atoms with van der Waals surface area (Å²) in [6.45, 7) is 4.79. The molecule has 3 aliphatic carbocycles. The summed E-state index contributed by atoms with van der Waals surface area (Å²) < 4.78 is 0. The molecule has 1 heterocycles. The minimum atomic E-state index is -0.107. The Morgan fingerprint density at radius 3 is 2.22 bits per heavy atom. The number of para-hydroxylation sites is 2. The Kier molecular flexibility index (Phi) is 5.93. The molecule has 2 aromatic rings. The van der Waals surface area contributed by atoms with Crippen LogP contribution in [-0.4, -0.2) is 29.8 Å². The van der Waals surface area contributed by atoms with E-state index in [0.717, 1.165) is 55.5 Å². The van der Waals surface area contributed by atoms with Crippen molar-refractivity contribution in [3.05, 3.63) is 72.3 Å². The van der Waals surface area contributed by atoms with Gasteiger partial charge in [0, 0.05) is 30.5 Å². The van der Waals surface area contributed by atoms with Crippen molar-refractivity contribution < 1.29 is 9.59 Å². The average Bonchev–Trinajstić information content (AvgIpc) is 3.28. The standard InChI is InChI=1S/C32H39N3O2/c1-31-20-18-26-24(14-17-28-32(26,2)21-19-29(36)34(28)3)25(31)15-16-27(31)30(37)33-35(22-10-6-4-7-11-22)23-12-8-5-9-13-23/h4-13,16,24-26,28H,14-15,17-21H2,1-3H3,(H,33,37)/t24-,25-,26-,28?,31-,32+/m0/s1. The van der Waals surface area contributed by atoms with Gasteiger partial charge in [0.1, 0.15) is 0 Å². The second-order valence-electron chi connectivity index (χ2n) is 12.2. The average molecular weight is 498 g/mol. The molecule has 6 rings (SSSR count). The van der Waals surface area contributed by atoms with Crippen LogP contribution in [0.3, 0.4) is 0 Å². The largest absolute Gasteiger partial charge is 0.342 e. The molecule has 1 aliphatic heterocycles. The van der Waals surface area contributed by atoms with Crippen molar-refractivity contribution in [1.29, 1.82) is 0 Å². The third-order valence-electron chi connectivity index (χ3n) is 10.6. The lowest BCUT2D eigenvalue weighted by Gasteiger charge is -2.61. The highest BCUT2D eigenvalue weighted by Crippen LogP contribution is 2.64. The van der Waals surface area contributed by atoms with E-state index in [9.17, 15) is 9.59 Å². The molecule has 2 saturated carbocycles. The Labute approximate surface area is 220 Å². The van der Waals surface area contributed by atoms with E-state index in [1.54, 1.807) is 0 Å². The van der Waals surface area contributed by atoms with Crippen LogP contribution in [0.5, 0.6) is 0 Å². The highest BCUT2D eigenvalue weighted by molar-refractivity contribution is 5.97. The summed E-state index contributed by atoms with van der Waals surface area (Å²) in [6.07, 6.45) is 9.32. The van der Waals surface area contributed by atoms with Crippen molar-refractivity contribution >= 4 is 23.2 Å².